The number of urea groups is 2. The lowest BCUT2D eigenvalue weighted by Crippen LogP contribution is -2.47. The van der Waals surface area contributed by atoms with Gasteiger partial charge < -0.3 is 26.2 Å². The number of fused-ring (bicyclic) bond motifs is 2. The largest absolute Gasteiger partial charge is 0.337 e. The van der Waals surface area contributed by atoms with Crippen molar-refractivity contribution in [3.05, 3.63) is 78.5 Å². The van der Waals surface area contributed by atoms with Gasteiger partial charge in [-0.25, -0.2) is 9.59 Å². The molecule has 1 saturated heterocycles. The topological polar surface area (TPSA) is 98.4 Å². The maximum absolute atomic E-state index is 12.5. The highest BCUT2D eigenvalue weighted by Crippen LogP contribution is 2.23. The number of hydrogen-bond donors (Lipinski definition) is 4. The molecule has 0 radical (unpaired) electrons. The molecule has 1 fully saturated rings. The molecule has 8 heteroatoms. The van der Waals surface area contributed by atoms with E-state index in [-0.39, 0.29) is 18.1 Å². The van der Waals surface area contributed by atoms with E-state index in [1.165, 1.54) is 0 Å². The summed E-state index contributed by atoms with van der Waals surface area (Å²) in [6.07, 6.45) is 1.75. The minimum atomic E-state index is -0.224. The van der Waals surface area contributed by atoms with Crippen LogP contribution < -0.4 is 21.3 Å². The molecule has 1 aliphatic rings. The van der Waals surface area contributed by atoms with Crippen LogP contribution >= 0.6 is 0 Å². The third kappa shape index (κ3) is 6.34. The van der Waals surface area contributed by atoms with E-state index in [1.54, 1.807) is 0 Å². The summed E-state index contributed by atoms with van der Waals surface area (Å²) in [6.45, 7) is 4.98. The van der Waals surface area contributed by atoms with Gasteiger partial charge in [-0.2, -0.15) is 0 Å². The zero-order chi connectivity index (χ0) is 25.6. The van der Waals surface area contributed by atoms with E-state index in [9.17, 15) is 9.59 Å². The highest BCUT2D eigenvalue weighted by molar-refractivity contribution is 6.00. The van der Waals surface area contributed by atoms with Crippen molar-refractivity contribution < 1.29 is 9.59 Å². The van der Waals surface area contributed by atoms with Crippen LogP contribution in [0.4, 0.5) is 21.0 Å². The van der Waals surface area contributed by atoms with Crippen LogP contribution in [0.3, 0.4) is 0 Å². The smallest absolute Gasteiger partial charge is 0.319 e. The molecule has 0 bridgehead atoms. The van der Waals surface area contributed by atoms with E-state index < -0.39 is 0 Å². The summed E-state index contributed by atoms with van der Waals surface area (Å²) in [7, 11) is 0. The van der Waals surface area contributed by atoms with E-state index in [1.807, 2.05) is 73.7 Å². The van der Waals surface area contributed by atoms with Crippen molar-refractivity contribution >= 4 is 45.1 Å². The number of amides is 4. The Morgan fingerprint density at radius 1 is 0.892 bits per heavy atom. The van der Waals surface area contributed by atoms with Crippen molar-refractivity contribution in [1.82, 2.24) is 20.5 Å². The quantitative estimate of drug-likeness (QED) is 0.298. The summed E-state index contributed by atoms with van der Waals surface area (Å²) in [4.78, 5) is 31.8. The van der Waals surface area contributed by atoms with Crippen molar-refractivity contribution in [2.24, 2.45) is 0 Å². The second-order valence-electron chi connectivity index (χ2n) is 9.49. The third-order valence-electron chi connectivity index (χ3n) is 6.74. The highest BCUT2D eigenvalue weighted by Gasteiger charge is 2.20. The second kappa shape index (κ2) is 11.3. The van der Waals surface area contributed by atoms with Crippen LogP contribution in [-0.2, 0) is 0 Å². The van der Waals surface area contributed by atoms with Crippen LogP contribution in [0.5, 0.6) is 0 Å². The van der Waals surface area contributed by atoms with E-state index in [4.69, 9.17) is 0 Å². The molecule has 0 saturated carbocycles. The lowest BCUT2D eigenvalue weighted by molar-refractivity contribution is 0.196. The van der Waals surface area contributed by atoms with Crippen LogP contribution in [0, 0.1) is 6.92 Å². The Kier molecular flexibility index (Phi) is 7.46. The monoisotopic (exact) mass is 496 g/mol. The zero-order valence-electron chi connectivity index (χ0n) is 21.0. The van der Waals surface area contributed by atoms with Gasteiger partial charge in [0.25, 0.3) is 0 Å². The molecule has 0 unspecified atom stereocenters. The first kappa shape index (κ1) is 24.5. The van der Waals surface area contributed by atoms with Gasteiger partial charge in [0.2, 0.25) is 0 Å². The lowest BCUT2D eigenvalue weighted by Gasteiger charge is -2.32. The standard InChI is InChI=1S/C29H32N6O2/c1-20-18-27(25-8-4-5-9-26(25)31-20)34-28(36)30-14-17-35-15-12-23(13-16-35)32-29(37)33-24-11-10-21-6-2-3-7-22(21)19-24/h2-11,18-19,23H,12-17H2,1H3,(H2,32,33,37)(H2,30,31,34,36). The first-order chi connectivity index (χ1) is 18.0. The molecule has 0 aliphatic carbocycles. The molecule has 4 N–H and O–H groups in total. The van der Waals surface area contributed by atoms with E-state index in [2.05, 4.69) is 37.2 Å². The average molecular weight is 497 g/mol. The summed E-state index contributed by atoms with van der Waals surface area (Å²) < 4.78 is 0. The number of carbonyl (C=O) groups excluding carboxylic acids is 2. The number of hydrogen-bond acceptors (Lipinski definition) is 4. The third-order valence-corrected chi connectivity index (χ3v) is 6.74. The predicted octanol–water partition coefficient (Wildman–Crippen LogP) is 5.10. The predicted molar refractivity (Wildman–Crippen MR) is 149 cm³/mol. The number of rotatable bonds is 6. The fourth-order valence-electron chi connectivity index (χ4n) is 4.83. The highest BCUT2D eigenvalue weighted by atomic mass is 16.2. The molecule has 4 amide bonds. The Morgan fingerprint density at radius 3 is 2.49 bits per heavy atom. The number of para-hydroxylation sites is 1. The van der Waals surface area contributed by atoms with Gasteiger partial charge in [-0.1, -0.05) is 48.5 Å². The second-order valence-corrected chi connectivity index (χ2v) is 9.49. The first-order valence-electron chi connectivity index (χ1n) is 12.7. The molecule has 0 atom stereocenters. The number of piperidine rings is 1. The minimum absolute atomic E-state index is 0.135. The molecule has 8 nitrogen and oxygen atoms in total. The maximum atomic E-state index is 12.5. The lowest BCUT2D eigenvalue weighted by atomic mass is 10.1. The number of aryl methyl sites for hydroxylation is 1. The Balaban J connectivity index is 1.03. The molecule has 5 rings (SSSR count). The van der Waals surface area contributed by atoms with Crippen LogP contribution in [-0.4, -0.2) is 54.2 Å². The van der Waals surface area contributed by atoms with Crippen molar-refractivity contribution in [2.45, 2.75) is 25.8 Å². The summed E-state index contributed by atoms with van der Waals surface area (Å²) in [6, 6.07) is 23.4. The molecule has 4 aromatic rings. The number of carbonyl (C=O) groups is 2. The molecule has 1 aliphatic heterocycles. The number of nitrogens with one attached hydrogen (secondary N) is 4. The average Bonchev–Trinajstić information content (AvgIpc) is 2.89. The summed E-state index contributed by atoms with van der Waals surface area (Å²) in [5.74, 6) is 0. The fourth-order valence-corrected chi connectivity index (χ4v) is 4.83. The Bertz CT molecular complexity index is 1410. The minimum Gasteiger partial charge on any atom is -0.337 e. The summed E-state index contributed by atoms with van der Waals surface area (Å²) in [5.41, 5.74) is 3.26. The first-order valence-corrected chi connectivity index (χ1v) is 12.7. The Morgan fingerprint density at radius 2 is 1.65 bits per heavy atom. The number of anilines is 2. The van der Waals surface area contributed by atoms with Gasteiger partial charge in [0.05, 0.1) is 11.2 Å². The van der Waals surface area contributed by atoms with Crippen LogP contribution in [0.25, 0.3) is 21.7 Å². The van der Waals surface area contributed by atoms with Gasteiger partial charge in [-0.15, -0.1) is 0 Å². The molecule has 190 valence electrons. The molecular formula is C29H32N6O2. The van der Waals surface area contributed by atoms with Gasteiger partial charge in [0.1, 0.15) is 0 Å². The van der Waals surface area contributed by atoms with Crippen LogP contribution in [0.15, 0.2) is 72.8 Å². The van der Waals surface area contributed by atoms with Crippen molar-refractivity contribution in [1.29, 1.82) is 0 Å². The van der Waals surface area contributed by atoms with E-state index >= 15 is 0 Å². The number of pyridine rings is 1. The van der Waals surface area contributed by atoms with E-state index in [0.717, 1.165) is 71.2 Å². The SMILES string of the molecule is Cc1cc(NC(=O)NCCN2CCC(NC(=O)Nc3ccc4ccccc4c3)CC2)c2ccccc2n1. The van der Waals surface area contributed by atoms with Gasteiger partial charge in [0.15, 0.2) is 0 Å². The molecule has 2 heterocycles. The maximum Gasteiger partial charge on any atom is 0.319 e. The van der Waals surface area contributed by atoms with Crippen LogP contribution in [0.2, 0.25) is 0 Å². The number of nitrogens with zero attached hydrogens (tertiary/aromatic N) is 2. The molecule has 0 spiro atoms. The van der Waals surface area contributed by atoms with Gasteiger partial charge in [-0.05, 0) is 54.8 Å². The van der Waals surface area contributed by atoms with E-state index in [0.29, 0.717) is 6.54 Å². The zero-order valence-corrected chi connectivity index (χ0v) is 21.0. The van der Waals surface area contributed by atoms with Gasteiger partial charge >= 0.3 is 12.1 Å². The van der Waals surface area contributed by atoms with Crippen LogP contribution in [0.1, 0.15) is 18.5 Å². The number of likely N-dealkylation sites (tertiary alicyclic amines) is 1. The Hall–Kier alpha value is -4.17. The molecular weight excluding hydrogens is 464 g/mol. The molecule has 3 aromatic carbocycles. The normalized spacial score (nSPS) is 14.4. The van der Waals surface area contributed by atoms with Gasteiger partial charge in [0, 0.05) is 49.0 Å². The van der Waals surface area contributed by atoms with Crippen molar-refractivity contribution in [3.8, 4) is 0 Å². The summed E-state index contributed by atoms with van der Waals surface area (Å²) >= 11 is 0. The van der Waals surface area contributed by atoms with Crippen molar-refractivity contribution in [3.63, 3.8) is 0 Å². The molecule has 37 heavy (non-hydrogen) atoms. The molecule has 1 aromatic heterocycles. The van der Waals surface area contributed by atoms with Gasteiger partial charge in [-0.3, -0.25) is 4.98 Å². The summed E-state index contributed by atoms with van der Waals surface area (Å²) in [5, 5.41) is 15.1. The Labute approximate surface area is 216 Å². The fraction of sp³-hybridized carbons (Fsp3) is 0.276. The van der Waals surface area contributed by atoms with Crippen molar-refractivity contribution in [2.75, 3.05) is 36.8 Å². The number of aromatic nitrogens is 1. The number of benzene rings is 3.